The summed E-state index contributed by atoms with van der Waals surface area (Å²) in [6, 6.07) is 8.31. The molecule has 1 fully saturated rings. The largest absolute Gasteiger partial charge is 0.444 e. The van der Waals surface area contributed by atoms with E-state index in [9.17, 15) is 14.4 Å². The lowest BCUT2D eigenvalue weighted by Gasteiger charge is -2.35. The van der Waals surface area contributed by atoms with Gasteiger partial charge >= 0.3 is 12.1 Å². The molecule has 0 bridgehead atoms. The molecule has 3 rings (SSSR count). The van der Waals surface area contributed by atoms with Gasteiger partial charge in [-0.1, -0.05) is 26.0 Å². The fourth-order valence-corrected chi connectivity index (χ4v) is 4.67. The van der Waals surface area contributed by atoms with Crippen molar-refractivity contribution < 1.29 is 19.1 Å². The van der Waals surface area contributed by atoms with E-state index < -0.39 is 17.5 Å². The van der Waals surface area contributed by atoms with Crippen molar-refractivity contribution in [2.75, 3.05) is 44.2 Å². The molecule has 1 aliphatic rings. The standard InChI is InChI=1S/C27H36N6O4S/c1-19(2)10-13-33(24(35)29-12-11-28)23(34)21-8-6-20(7-9-21)22-18-38-25(30-22)31-14-16-32(17-15-31)26(36)37-27(3,4)5/h6-9,18-19H,10,12-17H2,1-5H3,(H,29,35). The topological polar surface area (TPSA) is 119 Å². The number of nitrogens with one attached hydrogen (secondary N) is 1. The Morgan fingerprint density at radius 1 is 1.16 bits per heavy atom. The maximum atomic E-state index is 13.1. The minimum atomic E-state index is -0.572. The number of nitriles is 1. The lowest BCUT2D eigenvalue weighted by atomic mass is 10.1. The number of aromatic nitrogens is 1. The van der Waals surface area contributed by atoms with Gasteiger partial charge in [-0.15, -0.1) is 11.3 Å². The van der Waals surface area contributed by atoms with Crippen LogP contribution in [0.5, 0.6) is 0 Å². The second kappa shape index (κ2) is 12.7. The van der Waals surface area contributed by atoms with E-state index in [4.69, 9.17) is 15.0 Å². The van der Waals surface area contributed by atoms with E-state index in [0.717, 1.165) is 21.3 Å². The summed E-state index contributed by atoms with van der Waals surface area (Å²) in [6.45, 7) is 12.2. The van der Waals surface area contributed by atoms with Gasteiger partial charge in [0, 0.05) is 49.2 Å². The van der Waals surface area contributed by atoms with Gasteiger partial charge in [-0.25, -0.2) is 14.6 Å². The van der Waals surface area contributed by atoms with E-state index in [1.54, 1.807) is 17.0 Å². The summed E-state index contributed by atoms with van der Waals surface area (Å²) in [7, 11) is 0. The monoisotopic (exact) mass is 540 g/mol. The third kappa shape index (κ3) is 7.92. The van der Waals surface area contributed by atoms with Gasteiger partial charge in [0.05, 0.1) is 11.8 Å². The Balaban J connectivity index is 1.64. The van der Waals surface area contributed by atoms with E-state index in [0.29, 0.717) is 44.1 Å². The molecule has 11 heteroatoms. The summed E-state index contributed by atoms with van der Waals surface area (Å²) in [5.41, 5.74) is 1.52. The van der Waals surface area contributed by atoms with E-state index >= 15 is 0 Å². The van der Waals surface area contributed by atoms with Crippen LogP contribution in [-0.2, 0) is 4.74 Å². The fraction of sp³-hybridized carbons (Fsp3) is 0.519. The minimum Gasteiger partial charge on any atom is -0.444 e. The first kappa shape index (κ1) is 28.9. The van der Waals surface area contributed by atoms with Crippen molar-refractivity contribution >= 4 is 34.5 Å². The van der Waals surface area contributed by atoms with Gasteiger partial charge in [-0.3, -0.25) is 9.69 Å². The molecule has 0 atom stereocenters. The average molecular weight is 541 g/mol. The van der Waals surface area contributed by atoms with Gasteiger partial charge in [-0.05, 0) is 45.2 Å². The molecule has 204 valence electrons. The number of carbonyl (C=O) groups is 3. The highest BCUT2D eigenvalue weighted by atomic mass is 32.1. The number of piperazine rings is 1. The number of ether oxygens (including phenoxy) is 1. The zero-order valence-electron chi connectivity index (χ0n) is 22.7. The predicted molar refractivity (Wildman–Crippen MR) is 147 cm³/mol. The minimum absolute atomic E-state index is 0.161. The van der Waals surface area contributed by atoms with Crippen LogP contribution in [0.3, 0.4) is 0 Å². The summed E-state index contributed by atoms with van der Waals surface area (Å²) in [6.07, 6.45) is 0.370. The van der Waals surface area contributed by atoms with Crippen LogP contribution in [0.2, 0.25) is 0 Å². The molecule has 1 saturated heterocycles. The first-order valence-corrected chi connectivity index (χ1v) is 13.6. The maximum absolute atomic E-state index is 13.1. The Morgan fingerprint density at radius 2 is 1.82 bits per heavy atom. The van der Waals surface area contributed by atoms with Gasteiger partial charge in [0.25, 0.3) is 5.91 Å². The van der Waals surface area contributed by atoms with Crippen LogP contribution in [0.4, 0.5) is 14.7 Å². The maximum Gasteiger partial charge on any atom is 0.410 e. The molecule has 1 aromatic heterocycles. The summed E-state index contributed by atoms with van der Waals surface area (Å²) in [5, 5.41) is 14.1. The SMILES string of the molecule is CC(C)CCN(C(=O)NCC#N)C(=O)c1ccc(-c2csc(N3CCN(C(=O)OC(C)(C)C)CC3)n2)cc1. The van der Waals surface area contributed by atoms with E-state index in [2.05, 4.69) is 10.2 Å². The first-order valence-electron chi connectivity index (χ1n) is 12.7. The zero-order chi connectivity index (χ0) is 27.9. The van der Waals surface area contributed by atoms with Gasteiger partial charge in [0.1, 0.15) is 12.1 Å². The Labute approximate surface area is 228 Å². The Bertz CT molecular complexity index is 1160. The van der Waals surface area contributed by atoms with Crippen LogP contribution < -0.4 is 10.2 Å². The van der Waals surface area contributed by atoms with Crippen molar-refractivity contribution in [2.45, 2.75) is 46.6 Å². The van der Waals surface area contributed by atoms with Crippen molar-refractivity contribution in [1.29, 1.82) is 5.26 Å². The summed E-state index contributed by atoms with van der Waals surface area (Å²) in [5.74, 6) is -0.0925. The van der Waals surface area contributed by atoms with E-state index in [1.165, 1.54) is 11.3 Å². The number of carbonyl (C=O) groups excluding carboxylic acids is 3. The second-order valence-corrected chi connectivity index (χ2v) is 11.3. The van der Waals surface area contributed by atoms with Crippen LogP contribution in [0, 0.1) is 17.2 Å². The molecular weight excluding hydrogens is 504 g/mol. The molecule has 10 nitrogen and oxygen atoms in total. The molecule has 4 amide bonds. The molecular formula is C27H36N6O4S. The molecule has 38 heavy (non-hydrogen) atoms. The predicted octanol–water partition coefficient (Wildman–Crippen LogP) is 4.59. The summed E-state index contributed by atoms with van der Waals surface area (Å²) < 4.78 is 5.47. The van der Waals surface area contributed by atoms with Gasteiger partial charge in [0.15, 0.2) is 5.13 Å². The summed E-state index contributed by atoms with van der Waals surface area (Å²) in [4.78, 5) is 47.7. The highest BCUT2D eigenvalue weighted by molar-refractivity contribution is 7.14. The number of imide groups is 1. The third-order valence-electron chi connectivity index (χ3n) is 5.86. The Morgan fingerprint density at radius 3 is 2.39 bits per heavy atom. The molecule has 2 aromatic rings. The highest BCUT2D eigenvalue weighted by Gasteiger charge is 2.27. The van der Waals surface area contributed by atoms with Gasteiger partial charge in [0.2, 0.25) is 0 Å². The van der Waals surface area contributed by atoms with E-state index in [-0.39, 0.29) is 19.2 Å². The molecule has 2 heterocycles. The third-order valence-corrected chi connectivity index (χ3v) is 6.76. The molecule has 1 aromatic carbocycles. The Kier molecular flexibility index (Phi) is 9.69. The quantitative estimate of drug-likeness (QED) is 0.510. The number of rotatable bonds is 7. The molecule has 0 saturated carbocycles. The van der Waals surface area contributed by atoms with Crippen LogP contribution >= 0.6 is 11.3 Å². The van der Waals surface area contributed by atoms with Crippen molar-refractivity contribution in [3.05, 3.63) is 35.2 Å². The number of amides is 4. The van der Waals surface area contributed by atoms with Crippen LogP contribution in [0.1, 0.15) is 51.4 Å². The normalized spacial score (nSPS) is 13.7. The van der Waals surface area contributed by atoms with Gasteiger partial charge < -0.3 is 19.9 Å². The van der Waals surface area contributed by atoms with Crippen molar-refractivity contribution in [3.63, 3.8) is 0 Å². The lowest BCUT2D eigenvalue weighted by molar-refractivity contribution is 0.0240. The molecule has 0 aliphatic carbocycles. The van der Waals surface area contributed by atoms with Gasteiger partial charge in [-0.2, -0.15) is 5.26 Å². The number of urea groups is 1. The molecule has 0 radical (unpaired) electrons. The second-order valence-electron chi connectivity index (χ2n) is 10.5. The smallest absolute Gasteiger partial charge is 0.410 e. The summed E-state index contributed by atoms with van der Waals surface area (Å²) >= 11 is 1.53. The van der Waals surface area contributed by atoms with E-state index in [1.807, 2.05) is 58.2 Å². The van der Waals surface area contributed by atoms with Crippen LogP contribution in [-0.4, -0.2) is 77.7 Å². The van der Waals surface area contributed by atoms with Crippen LogP contribution in [0.15, 0.2) is 29.6 Å². The molecule has 1 aliphatic heterocycles. The number of benzene rings is 1. The molecule has 0 unspecified atom stereocenters. The molecule has 0 spiro atoms. The Hall–Kier alpha value is -3.65. The zero-order valence-corrected chi connectivity index (χ0v) is 23.5. The number of hydrogen-bond donors (Lipinski definition) is 1. The number of anilines is 1. The fourth-order valence-electron chi connectivity index (χ4n) is 3.78. The average Bonchev–Trinajstić information content (AvgIpc) is 3.37. The number of hydrogen-bond acceptors (Lipinski definition) is 8. The molecule has 1 N–H and O–H groups in total. The first-order chi connectivity index (χ1) is 18.0. The van der Waals surface area contributed by atoms with Crippen LogP contribution in [0.25, 0.3) is 11.3 Å². The number of thiazole rings is 1. The van der Waals surface area contributed by atoms with Crippen molar-refractivity contribution in [3.8, 4) is 17.3 Å². The lowest BCUT2D eigenvalue weighted by Crippen LogP contribution is -2.50. The number of nitrogens with zero attached hydrogens (tertiary/aromatic N) is 5. The van der Waals surface area contributed by atoms with Crippen molar-refractivity contribution in [2.24, 2.45) is 5.92 Å². The highest BCUT2D eigenvalue weighted by Crippen LogP contribution is 2.29. The van der Waals surface area contributed by atoms with Crippen molar-refractivity contribution in [1.82, 2.24) is 20.1 Å².